The average Bonchev–Trinajstić information content (AvgIpc) is 2.14. The van der Waals surface area contributed by atoms with Crippen LogP contribution in [0.1, 0.15) is 13.8 Å². The first-order valence-electron chi connectivity index (χ1n) is 4.49. The highest BCUT2D eigenvalue weighted by atomic mass is 19.1. The number of hydrogen-bond acceptors (Lipinski definition) is 2. The van der Waals surface area contributed by atoms with Crippen LogP contribution >= 0.6 is 0 Å². The summed E-state index contributed by atoms with van der Waals surface area (Å²) in [5, 5.41) is 0. The molecule has 0 spiro atoms. The number of nitrogen functional groups attached to an aromatic ring is 1. The standard InChI is InChI=1S/C10H15FN2/c1-3-13(4-2)9-7-5-6-8(11)10(9)12/h5-7H,3-4,12H2,1-2H3. The zero-order valence-corrected chi connectivity index (χ0v) is 8.05. The second kappa shape index (κ2) is 4.12. The highest BCUT2D eigenvalue weighted by Gasteiger charge is 2.08. The number of rotatable bonds is 3. The lowest BCUT2D eigenvalue weighted by atomic mass is 10.2. The zero-order chi connectivity index (χ0) is 9.84. The highest BCUT2D eigenvalue weighted by Crippen LogP contribution is 2.24. The van der Waals surface area contributed by atoms with Gasteiger partial charge in [-0.1, -0.05) is 6.07 Å². The maximum Gasteiger partial charge on any atom is 0.148 e. The Bertz CT molecular complexity index is 282. The van der Waals surface area contributed by atoms with Gasteiger partial charge >= 0.3 is 0 Å². The van der Waals surface area contributed by atoms with Crippen molar-refractivity contribution in [3.63, 3.8) is 0 Å². The lowest BCUT2D eigenvalue weighted by Crippen LogP contribution is -2.23. The highest BCUT2D eigenvalue weighted by molar-refractivity contribution is 5.67. The largest absolute Gasteiger partial charge is 0.395 e. The van der Waals surface area contributed by atoms with Crippen molar-refractivity contribution in [3.8, 4) is 0 Å². The number of halogens is 1. The Hall–Kier alpha value is -1.25. The summed E-state index contributed by atoms with van der Waals surface area (Å²) in [6.45, 7) is 5.72. The van der Waals surface area contributed by atoms with Gasteiger partial charge in [0.05, 0.1) is 11.4 Å². The fourth-order valence-corrected chi connectivity index (χ4v) is 1.37. The quantitative estimate of drug-likeness (QED) is 0.726. The molecule has 0 radical (unpaired) electrons. The van der Waals surface area contributed by atoms with Crippen LogP contribution in [0.5, 0.6) is 0 Å². The molecule has 0 amide bonds. The maximum absolute atomic E-state index is 13.1. The summed E-state index contributed by atoms with van der Waals surface area (Å²) in [6.07, 6.45) is 0. The van der Waals surface area contributed by atoms with Crippen molar-refractivity contribution in [2.75, 3.05) is 23.7 Å². The minimum Gasteiger partial charge on any atom is -0.395 e. The van der Waals surface area contributed by atoms with E-state index in [1.165, 1.54) is 6.07 Å². The lowest BCUT2D eigenvalue weighted by Gasteiger charge is -2.22. The Morgan fingerprint density at radius 1 is 1.31 bits per heavy atom. The third-order valence-corrected chi connectivity index (χ3v) is 2.13. The number of nitrogens with two attached hydrogens (primary N) is 1. The lowest BCUT2D eigenvalue weighted by molar-refractivity contribution is 0.631. The van der Waals surface area contributed by atoms with Crippen LogP contribution in [0.3, 0.4) is 0 Å². The van der Waals surface area contributed by atoms with Gasteiger partial charge in [-0.2, -0.15) is 0 Å². The molecule has 0 aliphatic heterocycles. The Kier molecular flexibility index (Phi) is 3.12. The number of nitrogens with zero attached hydrogens (tertiary/aromatic N) is 1. The van der Waals surface area contributed by atoms with Crippen LogP contribution in [-0.2, 0) is 0 Å². The minimum absolute atomic E-state index is 0.242. The topological polar surface area (TPSA) is 29.3 Å². The molecular formula is C10H15FN2. The predicted octanol–water partition coefficient (Wildman–Crippen LogP) is 2.25. The minimum atomic E-state index is -0.343. The Labute approximate surface area is 78.2 Å². The van der Waals surface area contributed by atoms with E-state index >= 15 is 0 Å². The normalized spacial score (nSPS) is 10.1. The van der Waals surface area contributed by atoms with Crippen LogP contribution in [-0.4, -0.2) is 13.1 Å². The van der Waals surface area contributed by atoms with Gasteiger partial charge in [0.15, 0.2) is 0 Å². The summed E-state index contributed by atoms with van der Waals surface area (Å²) < 4.78 is 13.1. The van der Waals surface area contributed by atoms with Gasteiger partial charge in [-0.15, -0.1) is 0 Å². The molecule has 1 aromatic carbocycles. The molecule has 2 N–H and O–H groups in total. The average molecular weight is 182 g/mol. The summed E-state index contributed by atoms with van der Waals surface area (Å²) in [5.74, 6) is -0.343. The van der Waals surface area contributed by atoms with Gasteiger partial charge in [-0.05, 0) is 26.0 Å². The van der Waals surface area contributed by atoms with Gasteiger partial charge in [0, 0.05) is 13.1 Å². The first kappa shape index (κ1) is 9.84. The smallest absolute Gasteiger partial charge is 0.148 e. The van der Waals surface area contributed by atoms with Crippen molar-refractivity contribution in [2.45, 2.75) is 13.8 Å². The van der Waals surface area contributed by atoms with Crippen LogP contribution in [0.15, 0.2) is 18.2 Å². The van der Waals surface area contributed by atoms with Crippen LogP contribution in [0.4, 0.5) is 15.8 Å². The summed E-state index contributed by atoms with van der Waals surface area (Å²) in [5.41, 5.74) is 6.64. The van der Waals surface area contributed by atoms with E-state index in [1.807, 2.05) is 24.8 Å². The first-order valence-corrected chi connectivity index (χ1v) is 4.49. The number of benzene rings is 1. The molecule has 0 saturated carbocycles. The number of anilines is 2. The molecule has 0 aliphatic carbocycles. The second-order valence-corrected chi connectivity index (χ2v) is 2.84. The van der Waals surface area contributed by atoms with Crippen molar-refractivity contribution < 1.29 is 4.39 Å². The van der Waals surface area contributed by atoms with Crippen LogP contribution < -0.4 is 10.6 Å². The van der Waals surface area contributed by atoms with E-state index in [-0.39, 0.29) is 11.5 Å². The van der Waals surface area contributed by atoms with Gasteiger partial charge in [0.2, 0.25) is 0 Å². The van der Waals surface area contributed by atoms with Crippen molar-refractivity contribution in [2.24, 2.45) is 0 Å². The molecule has 72 valence electrons. The van der Waals surface area contributed by atoms with E-state index in [0.717, 1.165) is 18.8 Å². The SMILES string of the molecule is CCN(CC)c1cccc(F)c1N. The Morgan fingerprint density at radius 2 is 1.92 bits per heavy atom. The molecule has 0 saturated heterocycles. The van der Waals surface area contributed by atoms with Gasteiger partial charge < -0.3 is 10.6 Å². The van der Waals surface area contributed by atoms with E-state index in [9.17, 15) is 4.39 Å². The molecular weight excluding hydrogens is 167 g/mol. The fraction of sp³-hybridized carbons (Fsp3) is 0.400. The first-order chi connectivity index (χ1) is 6.20. The summed E-state index contributed by atoms with van der Waals surface area (Å²) >= 11 is 0. The van der Waals surface area contributed by atoms with E-state index in [1.54, 1.807) is 6.07 Å². The van der Waals surface area contributed by atoms with Crippen LogP contribution in [0.2, 0.25) is 0 Å². The molecule has 1 rings (SSSR count). The van der Waals surface area contributed by atoms with Crippen LogP contribution in [0.25, 0.3) is 0 Å². The molecule has 0 aliphatic rings. The third kappa shape index (κ3) is 1.91. The van der Waals surface area contributed by atoms with E-state index in [2.05, 4.69) is 0 Å². The van der Waals surface area contributed by atoms with Crippen molar-refractivity contribution in [3.05, 3.63) is 24.0 Å². The molecule has 2 nitrogen and oxygen atoms in total. The number of hydrogen-bond donors (Lipinski definition) is 1. The second-order valence-electron chi connectivity index (χ2n) is 2.84. The van der Waals surface area contributed by atoms with E-state index in [4.69, 9.17) is 5.73 Å². The maximum atomic E-state index is 13.1. The van der Waals surface area contributed by atoms with Gasteiger partial charge in [-0.3, -0.25) is 0 Å². The molecule has 0 atom stereocenters. The van der Waals surface area contributed by atoms with Crippen molar-refractivity contribution in [1.29, 1.82) is 0 Å². The molecule has 0 heterocycles. The van der Waals surface area contributed by atoms with Crippen molar-refractivity contribution >= 4 is 11.4 Å². The third-order valence-electron chi connectivity index (χ3n) is 2.13. The summed E-state index contributed by atoms with van der Waals surface area (Å²) in [7, 11) is 0. The molecule has 0 aromatic heterocycles. The molecule has 0 fully saturated rings. The predicted molar refractivity (Wildman–Crippen MR) is 54.4 cm³/mol. The summed E-state index contributed by atoms with van der Waals surface area (Å²) in [4.78, 5) is 2.03. The van der Waals surface area contributed by atoms with Gasteiger partial charge in [0.1, 0.15) is 5.82 Å². The molecule has 3 heteroatoms. The van der Waals surface area contributed by atoms with E-state index in [0.29, 0.717) is 0 Å². The van der Waals surface area contributed by atoms with Crippen molar-refractivity contribution in [1.82, 2.24) is 0 Å². The molecule has 0 unspecified atom stereocenters. The molecule has 1 aromatic rings. The summed E-state index contributed by atoms with van der Waals surface area (Å²) in [6, 6.07) is 4.90. The van der Waals surface area contributed by atoms with E-state index < -0.39 is 0 Å². The Balaban J connectivity index is 3.05. The zero-order valence-electron chi connectivity index (χ0n) is 8.05. The monoisotopic (exact) mass is 182 g/mol. The van der Waals surface area contributed by atoms with Gasteiger partial charge in [0.25, 0.3) is 0 Å². The molecule has 0 bridgehead atoms. The molecule has 13 heavy (non-hydrogen) atoms. The number of para-hydroxylation sites is 1. The fourth-order valence-electron chi connectivity index (χ4n) is 1.37. The van der Waals surface area contributed by atoms with Crippen LogP contribution in [0, 0.1) is 5.82 Å². The van der Waals surface area contributed by atoms with Gasteiger partial charge in [-0.25, -0.2) is 4.39 Å². The Morgan fingerprint density at radius 3 is 2.46 bits per heavy atom.